The van der Waals surface area contributed by atoms with Crippen LogP contribution < -0.4 is 0 Å². The first-order valence-corrected chi connectivity index (χ1v) is 3.97. The first-order chi connectivity index (χ1) is 6.20. The molecule has 0 aliphatic carbocycles. The van der Waals surface area contributed by atoms with Crippen molar-refractivity contribution in [1.82, 2.24) is 0 Å². The molecule has 0 amide bonds. The molecular weight excluding hydrogens is 171 g/mol. The zero-order chi connectivity index (χ0) is 9.84. The normalized spacial score (nSPS) is 9.69. The molecule has 0 saturated carbocycles. The maximum Gasteiger partial charge on any atom is 0.165 e. The summed E-state index contributed by atoms with van der Waals surface area (Å²) < 4.78 is 13.3. The summed E-state index contributed by atoms with van der Waals surface area (Å²) in [6.07, 6.45) is 0.640. The van der Waals surface area contributed by atoms with E-state index in [0.717, 1.165) is 0 Å². The van der Waals surface area contributed by atoms with Crippen LogP contribution in [0.2, 0.25) is 0 Å². The number of halogens is 1. The molecule has 0 radical (unpaired) electrons. The maximum absolute atomic E-state index is 13.3. The van der Waals surface area contributed by atoms with Crippen molar-refractivity contribution in [2.24, 2.45) is 0 Å². The molecule has 0 fully saturated rings. The molecule has 0 bridgehead atoms. The molecule has 1 aromatic carbocycles. The van der Waals surface area contributed by atoms with Crippen LogP contribution in [0, 0.1) is 5.82 Å². The minimum Gasteiger partial charge on any atom is -0.298 e. The van der Waals surface area contributed by atoms with Crippen molar-refractivity contribution in [2.45, 2.75) is 13.3 Å². The van der Waals surface area contributed by atoms with Gasteiger partial charge in [-0.3, -0.25) is 9.59 Å². The lowest BCUT2D eigenvalue weighted by Crippen LogP contribution is -2.02. The van der Waals surface area contributed by atoms with Crippen LogP contribution in [0.25, 0.3) is 0 Å². The molecule has 1 aromatic rings. The van der Waals surface area contributed by atoms with Gasteiger partial charge in [0.25, 0.3) is 0 Å². The van der Waals surface area contributed by atoms with Gasteiger partial charge < -0.3 is 0 Å². The Balaban J connectivity index is 3.23. The summed E-state index contributed by atoms with van der Waals surface area (Å²) in [4.78, 5) is 21.5. The van der Waals surface area contributed by atoms with Gasteiger partial charge in [0.15, 0.2) is 12.1 Å². The zero-order valence-electron chi connectivity index (χ0n) is 7.21. The maximum atomic E-state index is 13.3. The molecule has 0 saturated heterocycles. The molecule has 0 aliphatic heterocycles. The highest BCUT2D eigenvalue weighted by atomic mass is 19.1. The number of hydrogen-bond donors (Lipinski definition) is 0. The van der Waals surface area contributed by atoms with Crippen LogP contribution in [0.1, 0.15) is 34.1 Å². The van der Waals surface area contributed by atoms with Crippen LogP contribution in [-0.4, -0.2) is 12.1 Å². The summed E-state index contributed by atoms with van der Waals surface area (Å²) in [6.45, 7) is 1.65. The average Bonchev–Trinajstić information content (AvgIpc) is 2.17. The molecule has 0 N–H and O–H groups in total. The lowest BCUT2D eigenvalue weighted by molar-refractivity contribution is 0.0984. The van der Waals surface area contributed by atoms with Crippen molar-refractivity contribution in [2.75, 3.05) is 0 Å². The number of rotatable bonds is 3. The second kappa shape index (κ2) is 3.94. The molecule has 13 heavy (non-hydrogen) atoms. The second-order valence-corrected chi connectivity index (χ2v) is 2.60. The Morgan fingerprint density at radius 2 is 2.23 bits per heavy atom. The average molecular weight is 180 g/mol. The summed E-state index contributed by atoms with van der Waals surface area (Å²) in [5.74, 6) is -1.01. The van der Waals surface area contributed by atoms with Crippen molar-refractivity contribution < 1.29 is 14.0 Å². The Morgan fingerprint density at radius 1 is 1.54 bits per heavy atom. The largest absolute Gasteiger partial charge is 0.298 e. The van der Waals surface area contributed by atoms with E-state index in [0.29, 0.717) is 6.29 Å². The fourth-order valence-electron chi connectivity index (χ4n) is 1.05. The van der Waals surface area contributed by atoms with E-state index >= 15 is 0 Å². The summed E-state index contributed by atoms with van der Waals surface area (Å²) in [7, 11) is 0. The Morgan fingerprint density at radius 3 is 2.77 bits per heavy atom. The highest BCUT2D eigenvalue weighted by molar-refractivity contribution is 5.97. The summed E-state index contributed by atoms with van der Waals surface area (Å²) in [6, 6.07) is 4.22. The molecule has 0 heterocycles. The predicted octanol–water partition coefficient (Wildman–Crippen LogP) is 2.23. The third-order valence-corrected chi connectivity index (χ3v) is 1.78. The van der Waals surface area contributed by atoms with Crippen LogP contribution in [0.5, 0.6) is 0 Å². The standard InChI is InChI=1S/C10H9FO2/c1-2-9(13)8-5-3-4-7(6-12)10(8)11/h3-6H,2H2,1H3. The topological polar surface area (TPSA) is 34.1 Å². The van der Waals surface area contributed by atoms with Crippen LogP contribution >= 0.6 is 0 Å². The van der Waals surface area contributed by atoms with E-state index in [-0.39, 0.29) is 23.3 Å². The second-order valence-electron chi connectivity index (χ2n) is 2.60. The van der Waals surface area contributed by atoms with Crippen LogP contribution in [0.3, 0.4) is 0 Å². The van der Waals surface area contributed by atoms with E-state index in [9.17, 15) is 14.0 Å². The van der Waals surface area contributed by atoms with Crippen molar-refractivity contribution >= 4 is 12.1 Å². The molecule has 0 aliphatic rings. The van der Waals surface area contributed by atoms with E-state index in [2.05, 4.69) is 0 Å². The Labute approximate surface area is 75.4 Å². The van der Waals surface area contributed by atoms with Gasteiger partial charge in [-0.05, 0) is 12.1 Å². The number of ketones is 1. The SMILES string of the molecule is CCC(=O)c1cccc(C=O)c1F. The predicted molar refractivity (Wildman–Crippen MR) is 46.4 cm³/mol. The summed E-state index contributed by atoms with van der Waals surface area (Å²) in [5, 5.41) is 0. The molecule has 0 unspecified atom stereocenters. The summed E-state index contributed by atoms with van der Waals surface area (Å²) in [5.41, 5.74) is -0.0774. The number of Topliss-reactive ketones (excluding diaryl/α,β-unsaturated/α-hetero) is 1. The lowest BCUT2D eigenvalue weighted by Gasteiger charge is -2.01. The zero-order valence-corrected chi connectivity index (χ0v) is 7.21. The van der Waals surface area contributed by atoms with Crippen LogP contribution in [0.4, 0.5) is 4.39 Å². The molecular formula is C10H9FO2. The minimum absolute atomic E-state index is 0.00731. The minimum atomic E-state index is -0.718. The number of aldehydes is 1. The Hall–Kier alpha value is -1.51. The van der Waals surface area contributed by atoms with Crippen molar-refractivity contribution in [1.29, 1.82) is 0 Å². The molecule has 0 atom stereocenters. The summed E-state index contributed by atoms with van der Waals surface area (Å²) >= 11 is 0. The van der Waals surface area contributed by atoms with Crippen LogP contribution in [-0.2, 0) is 0 Å². The number of carbonyl (C=O) groups is 2. The molecule has 2 nitrogen and oxygen atoms in total. The van der Waals surface area contributed by atoms with Gasteiger partial charge in [0.1, 0.15) is 5.82 Å². The van der Waals surface area contributed by atoms with Crippen molar-refractivity contribution in [3.05, 3.63) is 35.1 Å². The fourth-order valence-corrected chi connectivity index (χ4v) is 1.05. The van der Waals surface area contributed by atoms with Gasteiger partial charge in [0.2, 0.25) is 0 Å². The van der Waals surface area contributed by atoms with E-state index in [1.54, 1.807) is 6.92 Å². The number of hydrogen-bond acceptors (Lipinski definition) is 2. The van der Waals surface area contributed by atoms with Crippen LogP contribution in [0.15, 0.2) is 18.2 Å². The monoisotopic (exact) mass is 180 g/mol. The molecule has 0 aromatic heterocycles. The third-order valence-electron chi connectivity index (χ3n) is 1.78. The first kappa shape index (κ1) is 9.58. The van der Waals surface area contributed by atoms with Crippen molar-refractivity contribution in [3.8, 4) is 0 Å². The highest BCUT2D eigenvalue weighted by Gasteiger charge is 2.12. The molecule has 68 valence electrons. The van der Waals surface area contributed by atoms with Gasteiger partial charge in [-0.2, -0.15) is 0 Å². The van der Waals surface area contributed by atoms with Gasteiger partial charge >= 0.3 is 0 Å². The first-order valence-electron chi connectivity index (χ1n) is 3.97. The van der Waals surface area contributed by atoms with E-state index in [1.807, 2.05) is 0 Å². The third kappa shape index (κ3) is 1.80. The Kier molecular flexibility index (Phi) is 2.90. The van der Waals surface area contributed by atoms with Gasteiger partial charge in [0.05, 0.1) is 11.1 Å². The van der Waals surface area contributed by atoms with E-state index in [4.69, 9.17) is 0 Å². The van der Waals surface area contributed by atoms with E-state index < -0.39 is 5.82 Å². The van der Waals surface area contributed by atoms with Gasteiger partial charge in [-0.1, -0.05) is 13.0 Å². The van der Waals surface area contributed by atoms with Gasteiger partial charge in [-0.25, -0.2) is 4.39 Å². The highest BCUT2D eigenvalue weighted by Crippen LogP contribution is 2.12. The van der Waals surface area contributed by atoms with Gasteiger partial charge in [-0.15, -0.1) is 0 Å². The number of carbonyl (C=O) groups excluding carboxylic acids is 2. The lowest BCUT2D eigenvalue weighted by atomic mass is 10.1. The number of benzene rings is 1. The quantitative estimate of drug-likeness (QED) is 0.528. The molecule has 3 heteroatoms. The van der Waals surface area contributed by atoms with Gasteiger partial charge in [0, 0.05) is 6.42 Å². The van der Waals surface area contributed by atoms with E-state index in [1.165, 1.54) is 18.2 Å². The molecule has 0 spiro atoms. The van der Waals surface area contributed by atoms with Crippen molar-refractivity contribution in [3.63, 3.8) is 0 Å². The smallest absolute Gasteiger partial charge is 0.165 e. The Bertz CT molecular complexity index is 345. The molecule has 1 rings (SSSR count). The fraction of sp³-hybridized carbons (Fsp3) is 0.200.